The molecule has 2 rings (SSSR count). The van der Waals surface area contributed by atoms with Crippen LogP contribution in [0.15, 0.2) is 10.6 Å². The van der Waals surface area contributed by atoms with Crippen molar-refractivity contribution in [3.05, 3.63) is 11.8 Å². The molecule has 1 fully saturated rings. The number of hydrogen-bond donors (Lipinski definition) is 1. The standard InChI is InChI=1S/C13H20N2O4/c1-10-8-12(14-19-10)18-9-13(17)15(6-7-16)11-4-2-3-5-11/h8,11,16H,2-7,9H2,1H3. The van der Waals surface area contributed by atoms with Gasteiger partial charge in [0.15, 0.2) is 6.61 Å². The lowest BCUT2D eigenvalue weighted by Gasteiger charge is -2.28. The predicted octanol–water partition coefficient (Wildman–Crippen LogP) is 1.13. The number of aliphatic hydroxyl groups is 1. The summed E-state index contributed by atoms with van der Waals surface area (Å²) in [7, 11) is 0. The molecule has 1 heterocycles. The van der Waals surface area contributed by atoms with E-state index in [1.807, 2.05) is 0 Å². The molecular formula is C13H20N2O4. The summed E-state index contributed by atoms with van der Waals surface area (Å²) in [5.41, 5.74) is 0. The van der Waals surface area contributed by atoms with Crippen LogP contribution in [0.4, 0.5) is 0 Å². The van der Waals surface area contributed by atoms with E-state index in [2.05, 4.69) is 5.16 Å². The summed E-state index contributed by atoms with van der Waals surface area (Å²) in [6.07, 6.45) is 4.30. The highest BCUT2D eigenvalue weighted by molar-refractivity contribution is 5.78. The Hall–Kier alpha value is -1.56. The maximum Gasteiger partial charge on any atom is 0.260 e. The van der Waals surface area contributed by atoms with E-state index in [1.54, 1.807) is 17.9 Å². The lowest BCUT2D eigenvalue weighted by atomic mass is 10.2. The van der Waals surface area contributed by atoms with Crippen molar-refractivity contribution in [2.45, 2.75) is 38.6 Å². The molecule has 0 aliphatic heterocycles. The molecule has 0 bridgehead atoms. The first kappa shape index (κ1) is 13.9. The Labute approximate surface area is 112 Å². The number of aliphatic hydroxyl groups excluding tert-OH is 1. The molecule has 1 amide bonds. The second kappa shape index (κ2) is 6.56. The molecule has 1 aliphatic rings. The molecule has 1 saturated carbocycles. The molecule has 1 N–H and O–H groups in total. The predicted molar refractivity (Wildman–Crippen MR) is 67.8 cm³/mol. The van der Waals surface area contributed by atoms with Crippen LogP contribution in [0.25, 0.3) is 0 Å². The fourth-order valence-corrected chi connectivity index (χ4v) is 2.46. The highest BCUT2D eigenvalue weighted by atomic mass is 16.5. The summed E-state index contributed by atoms with van der Waals surface area (Å²) in [6.45, 7) is 2.04. The molecule has 0 saturated heterocycles. The maximum atomic E-state index is 12.1. The van der Waals surface area contributed by atoms with Gasteiger partial charge in [-0.15, -0.1) is 0 Å². The van der Waals surface area contributed by atoms with Crippen LogP contribution in [-0.2, 0) is 4.79 Å². The fourth-order valence-electron chi connectivity index (χ4n) is 2.46. The molecule has 0 aromatic carbocycles. The van der Waals surface area contributed by atoms with Crippen LogP contribution in [0.2, 0.25) is 0 Å². The highest BCUT2D eigenvalue weighted by Gasteiger charge is 2.26. The van der Waals surface area contributed by atoms with Crippen molar-refractivity contribution in [1.29, 1.82) is 0 Å². The van der Waals surface area contributed by atoms with Gasteiger partial charge in [-0.3, -0.25) is 4.79 Å². The number of carbonyl (C=O) groups is 1. The first-order chi connectivity index (χ1) is 9.20. The molecule has 0 atom stereocenters. The second-order valence-corrected chi connectivity index (χ2v) is 4.81. The Balaban J connectivity index is 1.87. The molecule has 19 heavy (non-hydrogen) atoms. The van der Waals surface area contributed by atoms with E-state index in [0.29, 0.717) is 18.2 Å². The third kappa shape index (κ3) is 3.70. The smallest absolute Gasteiger partial charge is 0.260 e. The maximum absolute atomic E-state index is 12.1. The number of ether oxygens (including phenoxy) is 1. The molecule has 6 nitrogen and oxygen atoms in total. The minimum Gasteiger partial charge on any atom is -0.465 e. The van der Waals surface area contributed by atoms with Crippen LogP contribution in [0.3, 0.4) is 0 Å². The van der Waals surface area contributed by atoms with Crippen molar-refractivity contribution in [2.24, 2.45) is 0 Å². The lowest BCUT2D eigenvalue weighted by molar-refractivity contribution is -0.136. The van der Waals surface area contributed by atoms with E-state index in [0.717, 1.165) is 25.7 Å². The van der Waals surface area contributed by atoms with Gasteiger partial charge in [0.25, 0.3) is 11.8 Å². The molecule has 1 aliphatic carbocycles. The van der Waals surface area contributed by atoms with E-state index in [4.69, 9.17) is 14.4 Å². The SMILES string of the molecule is Cc1cc(OCC(=O)N(CCO)C2CCCC2)no1. The molecular weight excluding hydrogens is 248 g/mol. The summed E-state index contributed by atoms with van der Waals surface area (Å²) >= 11 is 0. The van der Waals surface area contributed by atoms with Gasteiger partial charge >= 0.3 is 0 Å². The number of hydrogen-bond acceptors (Lipinski definition) is 5. The summed E-state index contributed by atoms with van der Waals surface area (Å²) in [4.78, 5) is 13.9. The first-order valence-corrected chi connectivity index (χ1v) is 6.67. The van der Waals surface area contributed by atoms with Gasteiger partial charge in [-0.2, -0.15) is 0 Å². The minimum absolute atomic E-state index is 0.0225. The van der Waals surface area contributed by atoms with Crippen molar-refractivity contribution in [2.75, 3.05) is 19.8 Å². The second-order valence-electron chi connectivity index (χ2n) is 4.81. The van der Waals surface area contributed by atoms with Gasteiger partial charge in [0.2, 0.25) is 0 Å². The van der Waals surface area contributed by atoms with Crippen LogP contribution in [0.1, 0.15) is 31.4 Å². The molecule has 0 radical (unpaired) electrons. The van der Waals surface area contributed by atoms with Crippen LogP contribution in [-0.4, -0.2) is 46.9 Å². The first-order valence-electron chi connectivity index (χ1n) is 6.67. The Bertz CT molecular complexity index is 413. The average Bonchev–Trinajstić information content (AvgIpc) is 3.04. The molecule has 1 aromatic heterocycles. The van der Waals surface area contributed by atoms with Crippen LogP contribution in [0, 0.1) is 6.92 Å². The Morgan fingerprint density at radius 3 is 2.89 bits per heavy atom. The monoisotopic (exact) mass is 268 g/mol. The third-order valence-electron chi connectivity index (χ3n) is 3.38. The number of aromatic nitrogens is 1. The number of amides is 1. The Morgan fingerprint density at radius 2 is 2.32 bits per heavy atom. The largest absolute Gasteiger partial charge is 0.465 e. The quantitative estimate of drug-likeness (QED) is 0.837. The van der Waals surface area contributed by atoms with Gasteiger partial charge < -0.3 is 19.3 Å². The fraction of sp³-hybridized carbons (Fsp3) is 0.692. The zero-order valence-electron chi connectivity index (χ0n) is 11.2. The molecule has 106 valence electrons. The highest BCUT2D eigenvalue weighted by Crippen LogP contribution is 2.23. The van der Waals surface area contributed by atoms with Crippen LogP contribution in [0.5, 0.6) is 5.88 Å². The summed E-state index contributed by atoms with van der Waals surface area (Å²) in [6, 6.07) is 1.88. The minimum atomic E-state index is -0.110. The van der Waals surface area contributed by atoms with Crippen molar-refractivity contribution in [3.63, 3.8) is 0 Å². The van der Waals surface area contributed by atoms with Gasteiger partial charge in [0.1, 0.15) is 5.76 Å². The van der Waals surface area contributed by atoms with Gasteiger partial charge in [-0.25, -0.2) is 0 Å². The van der Waals surface area contributed by atoms with Crippen molar-refractivity contribution < 1.29 is 19.2 Å². The number of carbonyl (C=O) groups excluding carboxylic acids is 1. The normalized spacial score (nSPS) is 15.7. The van der Waals surface area contributed by atoms with Crippen LogP contribution >= 0.6 is 0 Å². The van der Waals surface area contributed by atoms with E-state index in [-0.39, 0.29) is 25.2 Å². The zero-order chi connectivity index (χ0) is 13.7. The van der Waals surface area contributed by atoms with E-state index < -0.39 is 0 Å². The number of rotatable bonds is 6. The molecule has 1 aromatic rings. The summed E-state index contributed by atoms with van der Waals surface area (Å²) in [5, 5.41) is 12.7. The molecule has 6 heteroatoms. The van der Waals surface area contributed by atoms with Crippen molar-refractivity contribution >= 4 is 5.91 Å². The average molecular weight is 268 g/mol. The number of nitrogens with zero attached hydrogens (tertiary/aromatic N) is 2. The topological polar surface area (TPSA) is 75.8 Å². The van der Waals surface area contributed by atoms with Crippen molar-refractivity contribution in [1.82, 2.24) is 10.1 Å². The van der Waals surface area contributed by atoms with Crippen molar-refractivity contribution in [3.8, 4) is 5.88 Å². The summed E-state index contributed by atoms with van der Waals surface area (Å²) < 4.78 is 10.2. The van der Waals surface area contributed by atoms with E-state index in [9.17, 15) is 4.79 Å². The third-order valence-corrected chi connectivity index (χ3v) is 3.38. The van der Waals surface area contributed by atoms with E-state index >= 15 is 0 Å². The van der Waals surface area contributed by atoms with Gasteiger partial charge in [0, 0.05) is 18.7 Å². The van der Waals surface area contributed by atoms with Gasteiger partial charge in [0.05, 0.1) is 6.61 Å². The zero-order valence-corrected chi connectivity index (χ0v) is 11.2. The summed E-state index contributed by atoms with van der Waals surface area (Å²) in [5.74, 6) is 0.855. The van der Waals surface area contributed by atoms with Gasteiger partial charge in [-0.1, -0.05) is 12.8 Å². The Morgan fingerprint density at radius 1 is 1.58 bits per heavy atom. The molecule has 0 unspecified atom stereocenters. The van der Waals surface area contributed by atoms with Crippen LogP contribution < -0.4 is 4.74 Å². The number of aryl methyl sites for hydroxylation is 1. The molecule has 0 spiro atoms. The lowest BCUT2D eigenvalue weighted by Crippen LogP contribution is -2.43. The van der Waals surface area contributed by atoms with Gasteiger partial charge in [-0.05, 0) is 24.9 Å². The Kier molecular flexibility index (Phi) is 4.79. The van der Waals surface area contributed by atoms with E-state index in [1.165, 1.54) is 0 Å².